The number of fused-ring (bicyclic) bond motifs is 3. The monoisotopic (exact) mass is 390 g/mol. The lowest BCUT2D eigenvalue weighted by atomic mass is 9.86. The predicted octanol–water partition coefficient (Wildman–Crippen LogP) is 5.04. The van der Waals surface area contributed by atoms with Crippen molar-refractivity contribution in [3.8, 4) is 28.5 Å². The first kappa shape index (κ1) is 18.0. The fourth-order valence-corrected chi connectivity index (χ4v) is 3.66. The van der Waals surface area contributed by atoms with Gasteiger partial charge in [-0.25, -0.2) is 0 Å². The maximum absolute atomic E-state index is 9.40. The molecule has 3 aromatic heterocycles. The highest BCUT2D eigenvalue weighted by Crippen LogP contribution is 2.34. The minimum absolute atomic E-state index is 0.531. The number of rotatable bonds is 3. The zero-order valence-electron chi connectivity index (χ0n) is 16.6. The highest BCUT2D eigenvalue weighted by Gasteiger charge is 2.20. The summed E-state index contributed by atoms with van der Waals surface area (Å²) in [4.78, 5) is 4.57. The molecule has 6 nitrogen and oxygen atoms in total. The fourth-order valence-electron chi connectivity index (χ4n) is 3.66. The normalized spacial score (nSPS) is 11.6. The first-order valence-corrected chi connectivity index (χ1v) is 9.63. The van der Waals surface area contributed by atoms with E-state index in [1.807, 2.05) is 62.5 Å². The van der Waals surface area contributed by atoms with E-state index in [1.165, 1.54) is 0 Å². The summed E-state index contributed by atoms with van der Waals surface area (Å²) in [7, 11) is 0. The van der Waals surface area contributed by atoms with Crippen LogP contribution >= 0.6 is 0 Å². The van der Waals surface area contributed by atoms with Crippen LogP contribution in [0.15, 0.2) is 67.1 Å². The first-order valence-electron chi connectivity index (χ1n) is 9.63. The summed E-state index contributed by atoms with van der Waals surface area (Å²) >= 11 is 0. The summed E-state index contributed by atoms with van der Waals surface area (Å²) in [5.41, 5.74) is 6.12. The second-order valence-electron chi connectivity index (χ2n) is 7.80. The highest BCUT2D eigenvalue weighted by molar-refractivity contribution is 6.11. The van der Waals surface area contributed by atoms with Crippen molar-refractivity contribution in [3.63, 3.8) is 0 Å². The molecule has 0 amide bonds. The largest absolute Gasteiger partial charge is 0.276 e. The third kappa shape index (κ3) is 2.88. The standard InChI is InChI=1S/C24H18N6/c1-24(2,14-25)18-6-3-15(4-7-18)23-22-19-11-16(17-9-10-27-28-12-17)5-8-20(19)26-13-21(22)29-30-23/h3-13H,1-2H3,(H,29,30). The number of nitrogens with zero attached hydrogens (tertiary/aromatic N) is 5. The molecule has 0 saturated heterocycles. The van der Waals surface area contributed by atoms with Crippen molar-refractivity contribution in [2.45, 2.75) is 19.3 Å². The molecule has 5 aromatic rings. The summed E-state index contributed by atoms with van der Waals surface area (Å²) < 4.78 is 0. The minimum Gasteiger partial charge on any atom is -0.276 e. The average molecular weight is 390 g/mol. The molecule has 30 heavy (non-hydrogen) atoms. The summed E-state index contributed by atoms with van der Waals surface area (Å²) in [5.74, 6) is 0. The van der Waals surface area contributed by atoms with Gasteiger partial charge in [-0.05, 0) is 43.2 Å². The van der Waals surface area contributed by atoms with Gasteiger partial charge in [0, 0.05) is 21.9 Å². The number of aromatic amines is 1. The SMILES string of the molecule is CC(C)(C#N)c1ccc(-c2n[nH]c3cnc4ccc(-c5ccnnc5)cc4c23)cc1. The van der Waals surface area contributed by atoms with Gasteiger partial charge in [-0.1, -0.05) is 30.3 Å². The molecule has 0 unspecified atom stereocenters. The lowest BCUT2D eigenvalue weighted by molar-refractivity contribution is 0.687. The number of hydrogen-bond acceptors (Lipinski definition) is 5. The van der Waals surface area contributed by atoms with E-state index in [9.17, 15) is 5.26 Å². The summed E-state index contributed by atoms with van der Waals surface area (Å²) in [6.45, 7) is 3.83. The molecule has 0 fully saturated rings. The second-order valence-corrected chi connectivity index (χ2v) is 7.80. The topological polar surface area (TPSA) is 91.1 Å². The molecule has 0 aliphatic carbocycles. The Morgan fingerprint density at radius 3 is 2.43 bits per heavy atom. The van der Waals surface area contributed by atoms with Gasteiger partial charge in [0.25, 0.3) is 0 Å². The Bertz CT molecular complexity index is 1410. The Hall–Kier alpha value is -4.11. The van der Waals surface area contributed by atoms with E-state index in [0.717, 1.165) is 49.8 Å². The Morgan fingerprint density at radius 2 is 1.70 bits per heavy atom. The smallest absolute Gasteiger partial charge is 0.101 e. The zero-order valence-corrected chi connectivity index (χ0v) is 16.6. The Balaban J connectivity index is 1.70. The molecule has 0 atom stereocenters. The van der Waals surface area contributed by atoms with Crippen molar-refractivity contribution in [1.82, 2.24) is 25.4 Å². The lowest BCUT2D eigenvalue weighted by Crippen LogP contribution is -2.13. The number of hydrogen-bond donors (Lipinski definition) is 1. The van der Waals surface area contributed by atoms with Gasteiger partial charge in [0.2, 0.25) is 0 Å². The molecule has 0 bridgehead atoms. The number of aromatic nitrogens is 5. The number of H-pyrrole nitrogens is 1. The molecule has 0 saturated carbocycles. The van der Waals surface area contributed by atoms with Gasteiger partial charge in [-0.15, -0.1) is 0 Å². The molecular weight excluding hydrogens is 372 g/mol. The Morgan fingerprint density at radius 1 is 0.900 bits per heavy atom. The van der Waals surface area contributed by atoms with Crippen LogP contribution in [0.25, 0.3) is 44.2 Å². The van der Waals surface area contributed by atoms with Crippen molar-refractivity contribution in [1.29, 1.82) is 5.26 Å². The third-order valence-electron chi connectivity index (χ3n) is 5.47. The molecule has 1 N–H and O–H groups in total. The van der Waals surface area contributed by atoms with E-state index >= 15 is 0 Å². The number of benzene rings is 2. The van der Waals surface area contributed by atoms with Gasteiger partial charge in [0.05, 0.1) is 41.1 Å². The Kier molecular flexibility index (Phi) is 4.04. The van der Waals surface area contributed by atoms with Crippen molar-refractivity contribution in [3.05, 3.63) is 72.7 Å². The molecular formula is C24H18N6. The molecule has 0 spiro atoms. The molecule has 0 radical (unpaired) electrons. The molecule has 2 aromatic carbocycles. The average Bonchev–Trinajstić information content (AvgIpc) is 3.24. The van der Waals surface area contributed by atoms with Crippen LogP contribution in [0.3, 0.4) is 0 Å². The van der Waals surface area contributed by atoms with E-state index in [2.05, 4.69) is 37.5 Å². The molecule has 144 valence electrons. The predicted molar refractivity (Wildman–Crippen MR) is 116 cm³/mol. The molecule has 0 aliphatic rings. The van der Waals surface area contributed by atoms with Crippen molar-refractivity contribution >= 4 is 21.8 Å². The van der Waals surface area contributed by atoms with Crippen molar-refractivity contribution < 1.29 is 0 Å². The summed E-state index contributed by atoms with van der Waals surface area (Å²) in [6, 6.07) is 18.5. The van der Waals surface area contributed by atoms with Crippen LogP contribution < -0.4 is 0 Å². The Labute approximate surface area is 173 Å². The van der Waals surface area contributed by atoms with E-state index in [-0.39, 0.29) is 0 Å². The van der Waals surface area contributed by atoms with Gasteiger partial charge in [-0.2, -0.15) is 20.6 Å². The number of pyridine rings is 1. The van der Waals surface area contributed by atoms with Crippen LogP contribution in [0.1, 0.15) is 19.4 Å². The van der Waals surface area contributed by atoms with Crippen LogP contribution in [0.2, 0.25) is 0 Å². The zero-order chi connectivity index (χ0) is 20.7. The fraction of sp³-hybridized carbons (Fsp3) is 0.125. The van der Waals surface area contributed by atoms with Crippen LogP contribution in [0.5, 0.6) is 0 Å². The maximum atomic E-state index is 9.40. The first-order chi connectivity index (χ1) is 14.6. The quantitative estimate of drug-likeness (QED) is 0.466. The third-order valence-corrected chi connectivity index (χ3v) is 5.47. The van der Waals surface area contributed by atoms with Crippen molar-refractivity contribution in [2.75, 3.05) is 0 Å². The molecule has 5 rings (SSSR count). The number of nitriles is 1. The molecule has 3 heterocycles. The van der Waals surface area contributed by atoms with E-state index in [0.29, 0.717) is 0 Å². The van der Waals surface area contributed by atoms with E-state index in [1.54, 1.807) is 12.4 Å². The molecule has 6 heteroatoms. The maximum Gasteiger partial charge on any atom is 0.101 e. The number of nitrogens with one attached hydrogen (secondary N) is 1. The lowest BCUT2D eigenvalue weighted by Gasteiger charge is -2.15. The van der Waals surface area contributed by atoms with E-state index in [4.69, 9.17) is 0 Å². The van der Waals surface area contributed by atoms with Gasteiger partial charge < -0.3 is 0 Å². The van der Waals surface area contributed by atoms with E-state index < -0.39 is 5.41 Å². The van der Waals surface area contributed by atoms with Gasteiger partial charge in [0.1, 0.15) is 5.69 Å². The molecule has 0 aliphatic heterocycles. The second kappa shape index (κ2) is 6.75. The minimum atomic E-state index is -0.531. The van der Waals surface area contributed by atoms with Gasteiger partial charge >= 0.3 is 0 Å². The van der Waals surface area contributed by atoms with Crippen LogP contribution in [0, 0.1) is 11.3 Å². The summed E-state index contributed by atoms with van der Waals surface area (Å²) in [5, 5.41) is 27.0. The van der Waals surface area contributed by atoms with Crippen LogP contribution in [-0.2, 0) is 5.41 Å². The van der Waals surface area contributed by atoms with Crippen molar-refractivity contribution in [2.24, 2.45) is 0 Å². The summed E-state index contributed by atoms with van der Waals surface area (Å²) in [6.07, 6.45) is 5.25. The van der Waals surface area contributed by atoms with Gasteiger partial charge in [-0.3, -0.25) is 10.1 Å². The van der Waals surface area contributed by atoms with Crippen LogP contribution in [0.4, 0.5) is 0 Å². The van der Waals surface area contributed by atoms with Gasteiger partial charge in [0.15, 0.2) is 0 Å². The van der Waals surface area contributed by atoms with Crippen LogP contribution in [-0.4, -0.2) is 25.4 Å². The highest BCUT2D eigenvalue weighted by atomic mass is 15.1.